The Morgan fingerprint density at radius 2 is 2.09 bits per heavy atom. The highest BCUT2D eigenvalue weighted by Gasteiger charge is 2.12. The van der Waals surface area contributed by atoms with Crippen LogP contribution >= 0.6 is 12.6 Å². The predicted molar refractivity (Wildman–Crippen MR) is 41.4 cm³/mol. The number of carboxylic acid groups (broad SMARTS) is 2. The fourth-order valence-electron chi connectivity index (χ4n) is 0.343. The van der Waals surface area contributed by atoms with Gasteiger partial charge in [0.2, 0.25) is 0 Å². The molecule has 0 aromatic carbocycles. The molecule has 0 aliphatic rings. The van der Waals surface area contributed by atoms with Crippen molar-refractivity contribution >= 4 is 30.8 Å². The predicted octanol–water partition coefficient (Wildman–Crippen LogP) is -0.475. The van der Waals surface area contributed by atoms with Crippen LogP contribution in [0.2, 0.25) is 0 Å². The lowest BCUT2D eigenvalue weighted by Gasteiger charge is -1.99. The quantitative estimate of drug-likeness (QED) is 0.400. The van der Waals surface area contributed by atoms with Crippen molar-refractivity contribution in [1.82, 2.24) is 0 Å². The molecule has 0 radical (unpaired) electrons. The second-order valence-electron chi connectivity index (χ2n) is 1.65. The van der Waals surface area contributed by atoms with Gasteiger partial charge in [-0.3, -0.25) is 4.99 Å². The largest absolute Gasteiger partial charge is 0.480 e. The number of nitrogens with zero attached hydrogens (tertiary/aromatic N) is 1. The molecule has 2 N–H and O–H groups in total. The van der Waals surface area contributed by atoms with Crippen LogP contribution in [-0.4, -0.2) is 40.2 Å². The molecule has 0 aliphatic carbocycles. The summed E-state index contributed by atoms with van der Waals surface area (Å²) in [6.07, 6.45) is 0.551. The van der Waals surface area contributed by atoms with Crippen LogP contribution in [0.5, 0.6) is 0 Å². The van der Waals surface area contributed by atoms with E-state index in [-0.39, 0.29) is 5.75 Å². The fourth-order valence-corrected chi connectivity index (χ4v) is 0.593. The van der Waals surface area contributed by atoms with Crippen molar-refractivity contribution in [1.29, 1.82) is 0 Å². The van der Waals surface area contributed by atoms with Crippen molar-refractivity contribution in [2.45, 2.75) is 6.04 Å². The van der Waals surface area contributed by atoms with Crippen molar-refractivity contribution in [3.05, 3.63) is 0 Å². The molecule has 0 bridgehead atoms. The third-order valence-corrected chi connectivity index (χ3v) is 1.17. The average molecular weight is 177 g/mol. The van der Waals surface area contributed by atoms with Crippen LogP contribution in [0.25, 0.3) is 0 Å². The zero-order valence-corrected chi connectivity index (χ0v) is 6.36. The molecule has 5 nitrogen and oxygen atoms in total. The fraction of sp³-hybridized carbons (Fsp3) is 0.400. The van der Waals surface area contributed by atoms with Crippen molar-refractivity contribution in [2.75, 3.05) is 5.75 Å². The Morgan fingerprint density at radius 1 is 1.55 bits per heavy atom. The zero-order chi connectivity index (χ0) is 8.85. The van der Waals surface area contributed by atoms with E-state index < -0.39 is 18.0 Å². The molecular formula is C5H7NO4S. The van der Waals surface area contributed by atoms with E-state index in [1.54, 1.807) is 0 Å². The van der Waals surface area contributed by atoms with Crippen LogP contribution in [-0.2, 0) is 9.59 Å². The number of carbonyl (C=O) groups is 2. The Morgan fingerprint density at radius 3 is 2.36 bits per heavy atom. The van der Waals surface area contributed by atoms with Gasteiger partial charge in [0.25, 0.3) is 0 Å². The van der Waals surface area contributed by atoms with E-state index in [2.05, 4.69) is 17.6 Å². The van der Waals surface area contributed by atoms with Crippen LogP contribution in [0, 0.1) is 0 Å². The number of rotatable bonds is 4. The minimum absolute atomic E-state index is 0.0148. The Bertz CT molecular complexity index is 191. The standard InChI is InChI=1S/C5H7NO4S/c7-4(8)1-6-3(2-11)5(9)10/h1,3,11H,2H2,(H,7,8)(H,9,10)/b6-1+. The van der Waals surface area contributed by atoms with E-state index in [1.165, 1.54) is 0 Å². The number of aliphatic imine (C=N–C) groups is 1. The van der Waals surface area contributed by atoms with Gasteiger partial charge in [0.1, 0.15) is 6.21 Å². The lowest BCUT2D eigenvalue weighted by atomic mass is 10.4. The molecular weight excluding hydrogens is 170 g/mol. The number of hydrogen-bond donors (Lipinski definition) is 3. The van der Waals surface area contributed by atoms with Crippen LogP contribution in [0.1, 0.15) is 0 Å². The Balaban J connectivity index is 4.08. The minimum Gasteiger partial charge on any atom is -0.480 e. The van der Waals surface area contributed by atoms with Gasteiger partial charge >= 0.3 is 11.9 Å². The summed E-state index contributed by atoms with van der Waals surface area (Å²) in [5, 5.41) is 16.4. The third kappa shape index (κ3) is 4.38. The van der Waals surface area contributed by atoms with E-state index >= 15 is 0 Å². The molecule has 0 aliphatic heterocycles. The Labute approximate surface area is 68.2 Å². The molecule has 0 saturated heterocycles. The zero-order valence-electron chi connectivity index (χ0n) is 5.47. The first-order valence-corrected chi connectivity index (χ1v) is 3.31. The van der Waals surface area contributed by atoms with Crippen molar-refractivity contribution in [2.24, 2.45) is 4.99 Å². The first-order chi connectivity index (χ1) is 5.07. The summed E-state index contributed by atoms with van der Waals surface area (Å²) >= 11 is 3.67. The molecule has 6 heteroatoms. The van der Waals surface area contributed by atoms with Crippen LogP contribution in [0.15, 0.2) is 4.99 Å². The highest BCUT2D eigenvalue weighted by Crippen LogP contribution is 1.92. The molecule has 0 fully saturated rings. The normalized spacial score (nSPS) is 13.2. The molecule has 11 heavy (non-hydrogen) atoms. The van der Waals surface area contributed by atoms with Gasteiger partial charge in [-0.05, 0) is 0 Å². The van der Waals surface area contributed by atoms with E-state index in [1.807, 2.05) is 0 Å². The molecule has 0 spiro atoms. The summed E-state index contributed by atoms with van der Waals surface area (Å²) in [5.74, 6) is -2.46. The summed E-state index contributed by atoms with van der Waals surface area (Å²) in [4.78, 5) is 23.3. The Hall–Kier alpha value is -1.04. The minimum atomic E-state index is -1.27. The maximum atomic E-state index is 10.2. The number of hydrogen-bond acceptors (Lipinski definition) is 4. The van der Waals surface area contributed by atoms with Crippen molar-refractivity contribution in [3.63, 3.8) is 0 Å². The Kier molecular flexibility index (Phi) is 4.28. The van der Waals surface area contributed by atoms with E-state index in [0.717, 1.165) is 0 Å². The number of carboxylic acids is 2. The smallest absolute Gasteiger partial charge is 0.346 e. The third-order valence-electron chi connectivity index (χ3n) is 0.823. The molecule has 0 saturated carbocycles. The molecule has 0 aromatic rings. The monoisotopic (exact) mass is 177 g/mol. The number of aliphatic carboxylic acids is 2. The lowest BCUT2D eigenvalue weighted by Crippen LogP contribution is -2.20. The van der Waals surface area contributed by atoms with Gasteiger partial charge in [0.15, 0.2) is 6.04 Å². The van der Waals surface area contributed by atoms with Gasteiger partial charge in [-0.15, -0.1) is 0 Å². The van der Waals surface area contributed by atoms with Gasteiger partial charge < -0.3 is 10.2 Å². The summed E-state index contributed by atoms with van der Waals surface area (Å²) in [7, 11) is 0. The highest BCUT2D eigenvalue weighted by molar-refractivity contribution is 7.80. The van der Waals surface area contributed by atoms with Crippen molar-refractivity contribution < 1.29 is 19.8 Å². The molecule has 1 unspecified atom stereocenters. The van der Waals surface area contributed by atoms with E-state index in [9.17, 15) is 9.59 Å². The summed E-state index contributed by atoms with van der Waals surface area (Å²) < 4.78 is 0. The van der Waals surface area contributed by atoms with E-state index in [4.69, 9.17) is 10.2 Å². The van der Waals surface area contributed by atoms with E-state index in [0.29, 0.717) is 6.21 Å². The van der Waals surface area contributed by atoms with Gasteiger partial charge in [-0.1, -0.05) is 0 Å². The van der Waals surface area contributed by atoms with Gasteiger partial charge in [0, 0.05) is 5.75 Å². The average Bonchev–Trinajstić information content (AvgIpc) is 1.87. The van der Waals surface area contributed by atoms with Crippen LogP contribution < -0.4 is 0 Å². The maximum Gasteiger partial charge on any atom is 0.346 e. The van der Waals surface area contributed by atoms with Gasteiger partial charge in [-0.25, -0.2) is 9.59 Å². The molecule has 0 heterocycles. The molecule has 1 atom stereocenters. The van der Waals surface area contributed by atoms with Crippen molar-refractivity contribution in [3.8, 4) is 0 Å². The summed E-state index contributed by atoms with van der Waals surface area (Å²) in [6, 6.07) is -1.07. The van der Waals surface area contributed by atoms with Gasteiger partial charge in [-0.2, -0.15) is 12.6 Å². The second kappa shape index (κ2) is 4.73. The molecule has 62 valence electrons. The van der Waals surface area contributed by atoms with Crippen LogP contribution in [0.4, 0.5) is 0 Å². The SMILES string of the molecule is O=C(O)/C=N/C(CS)C(=O)O. The summed E-state index contributed by atoms with van der Waals surface area (Å²) in [6.45, 7) is 0. The summed E-state index contributed by atoms with van der Waals surface area (Å²) in [5.41, 5.74) is 0. The number of thiol groups is 1. The van der Waals surface area contributed by atoms with Gasteiger partial charge in [0.05, 0.1) is 0 Å². The first kappa shape index (κ1) is 9.96. The maximum absolute atomic E-state index is 10.2. The first-order valence-electron chi connectivity index (χ1n) is 2.67. The van der Waals surface area contributed by atoms with Crippen LogP contribution in [0.3, 0.4) is 0 Å². The second-order valence-corrected chi connectivity index (χ2v) is 2.02. The topological polar surface area (TPSA) is 87.0 Å². The highest BCUT2D eigenvalue weighted by atomic mass is 32.1. The molecule has 0 rings (SSSR count). The lowest BCUT2D eigenvalue weighted by molar-refractivity contribution is -0.137. The molecule has 0 aromatic heterocycles. The molecule has 0 amide bonds.